The Bertz CT molecular complexity index is 117. The molecule has 0 aliphatic heterocycles. The van der Waals surface area contributed by atoms with Crippen LogP contribution in [0.2, 0.25) is 0 Å². The topological polar surface area (TPSA) is 20.2 Å². The minimum absolute atomic E-state index is 0.428. The van der Waals surface area contributed by atoms with Crippen molar-refractivity contribution in [2.45, 2.75) is 57.0 Å². The van der Waals surface area contributed by atoms with Gasteiger partial charge in [0.05, 0.1) is 5.60 Å². The quantitative estimate of drug-likeness (QED) is 0.664. The summed E-state index contributed by atoms with van der Waals surface area (Å²) in [6.45, 7) is 0. The molecule has 1 aliphatic rings. The summed E-state index contributed by atoms with van der Waals surface area (Å²) in [4.78, 5) is 0. The highest BCUT2D eigenvalue weighted by Gasteiger charge is 2.25. The number of hydrogen-bond donors (Lipinski definition) is 1. The summed E-state index contributed by atoms with van der Waals surface area (Å²) in [5.74, 6) is 0.594. The highest BCUT2D eigenvalue weighted by Crippen LogP contribution is 2.29. The van der Waals surface area contributed by atoms with Gasteiger partial charge < -0.3 is 5.11 Å². The second-order valence-electron chi connectivity index (χ2n) is 3.93. The molecule has 1 rings (SSSR count). The Morgan fingerprint density at radius 2 is 1.50 bits per heavy atom. The smallest absolute Gasteiger partial charge is 0.0659 e. The Morgan fingerprint density at radius 1 is 1.00 bits per heavy atom. The first-order valence-corrected chi connectivity index (χ1v) is 5.59. The lowest BCUT2D eigenvalue weighted by Crippen LogP contribution is -2.29. The van der Waals surface area contributed by atoms with Gasteiger partial charge in [0.1, 0.15) is 0 Å². The molecule has 0 unspecified atom stereocenters. The minimum atomic E-state index is -0.428. The van der Waals surface area contributed by atoms with Crippen molar-refractivity contribution in [2.24, 2.45) is 0 Å². The summed E-state index contributed by atoms with van der Waals surface area (Å²) in [5.41, 5.74) is -0.428. The van der Waals surface area contributed by atoms with Crippen LogP contribution in [-0.2, 0) is 0 Å². The van der Waals surface area contributed by atoms with Crippen molar-refractivity contribution in [3.05, 3.63) is 0 Å². The van der Waals surface area contributed by atoms with Gasteiger partial charge in [-0.15, -0.1) is 11.6 Å². The van der Waals surface area contributed by atoms with E-state index < -0.39 is 5.60 Å². The highest BCUT2D eigenvalue weighted by atomic mass is 35.5. The molecule has 0 aromatic heterocycles. The van der Waals surface area contributed by atoms with E-state index in [2.05, 4.69) is 0 Å². The van der Waals surface area contributed by atoms with Gasteiger partial charge in [0.2, 0.25) is 0 Å². The average Bonchev–Trinajstić information content (AvgIpc) is 1.99. The van der Waals surface area contributed by atoms with E-state index in [9.17, 15) is 5.11 Å². The lowest BCUT2D eigenvalue weighted by molar-refractivity contribution is 0.0113. The van der Waals surface area contributed by atoms with Crippen LogP contribution in [0.15, 0.2) is 0 Å². The molecular formula is C10H19ClO. The van der Waals surface area contributed by atoms with Crippen molar-refractivity contribution in [1.29, 1.82) is 0 Å². The summed E-state index contributed by atoms with van der Waals surface area (Å²) in [7, 11) is 0. The van der Waals surface area contributed by atoms with E-state index in [0.717, 1.165) is 19.3 Å². The second-order valence-corrected chi connectivity index (χ2v) is 4.31. The van der Waals surface area contributed by atoms with Gasteiger partial charge in [-0.05, 0) is 19.3 Å². The summed E-state index contributed by atoms with van der Waals surface area (Å²) in [5, 5.41) is 10.1. The predicted octanol–water partition coefficient (Wildman–Crippen LogP) is 3.09. The van der Waals surface area contributed by atoms with Crippen LogP contribution in [0, 0.1) is 0 Å². The van der Waals surface area contributed by atoms with Crippen molar-refractivity contribution in [3.63, 3.8) is 0 Å². The van der Waals surface area contributed by atoms with Crippen LogP contribution in [0.4, 0.5) is 0 Å². The number of rotatable bonds is 2. The largest absolute Gasteiger partial charge is 0.390 e. The van der Waals surface area contributed by atoms with Gasteiger partial charge in [-0.2, -0.15) is 0 Å². The maximum Gasteiger partial charge on any atom is 0.0659 e. The molecule has 12 heavy (non-hydrogen) atoms. The first-order chi connectivity index (χ1) is 5.77. The van der Waals surface area contributed by atoms with E-state index in [1.54, 1.807) is 0 Å². The van der Waals surface area contributed by atoms with Gasteiger partial charge in [-0.1, -0.05) is 32.1 Å². The maximum atomic E-state index is 10.1. The van der Waals surface area contributed by atoms with Crippen LogP contribution >= 0.6 is 11.6 Å². The molecular weight excluding hydrogens is 172 g/mol. The van der Waals surface area contributed by atoms with E-state index in [1.807, 2.05) is 0 Å². The molecule has 0 aromatic carbocycles. The van der Waals surface area contributed by atoms with Crippen molar-refractivity contribution >= 4 is 11.6 Å². The van der Waals surface area contributed by atoms with E-state index in [0.29, 0.717) is 5.88 Å². The van der Waals surface area contributed by atoms with Gasteiger partial charge in [0, 0.05) is 5.88 Å². The lowest BCUT2D eigenvalue weighted by atomic mass is 9.85. The van der Waals surface area contributed by atoms with Gasteiger partial charge in [-0.3, -0.25) is 0 Å². The summed E-state index contributed by atoms with van der Waals surface area (Å²) >= 11 is 5.66. The molecule has 1 saturated carbocycles. The van der Waals surface area contributed by atoms with E-state index in [4.69, 9.17) is 11.6 Å². The van der Waals surface area contributed by atoms with Gasteiger partial charge in [0.15, 0.2) is 0 Å². The Kier molecular flexibility index (Phi) is 4.38. The first kappa shape index (κ1) is 10.3. The Morgan fingerprint density at radius 3 is 2.00 bits per heavy atom. The zero-order valence-electron chi connectivity index (χ0n) is 7.69. The zero-order valence-corrected chi connectivity index (χ0v) is 8.45. The lowest BCUT2D eigenvalue weighted by Gasteiger charge is -2.29. The maximum absolute atomic E-state index is 10.1. The van der Waals surface area contributed by atoms with Gasteiger partial charge >= 0.3 is 0 Å². The fourth-order valence-electron chi connectivity index (χ4n) is 1.99. The number of halogens is 1. The fraction of sp³-hybridized carbons (Fsp3) is 1.00. The molecule has 1 nitrogen and oxygen atoms in total. The van der Waals surface area contributed by atoms with Crippen LogP contribution in [0.5, 0.6) is 0 Å². The molecule has 0 saturated heterocycles. The molecule has 0 heterocycles. The number of alkyl halides is 1. The Balaban J connectivity index is 2.36. The van der Waals surface area contributed by atoms with E-state index in [1.165, 1.54) is 32.1 Å². The third-order valence-electron chi connectivity index (χ3n) is 2.84. The molecule has 0 aromatic rings. The second kappa shape index (κ2) is 5.08. The molecule has 0 radical (unpaired) electrons. The average molecular weight is 191 g/mol. The van der Waals surface area contributed by atoms with Crippen LogP contribution in [0.1, 0.15) is 51.4 Å². The normalized spacial score (nSPS) is 24.5. The molecule has 72 valence electrons. The van der Waals surface area contributed by atoms with Crippen LogP contribution in [0.3, 0.4) is 0 Å². The molecule has 0 spiro atoms. The molecule has 0 amide bonds. The highest BCUT2D eigenvalue weighted by molar-refractivity contribution is 6.17. The molecule has 2 heteroatoms. The number of hydrogen-bond acceptors (Lipinski definition) is 1. The van der Waals surface area contributed by atoms with Crippen molar-refractivity contribution < 1.29 is 5.11 Å². The van der Waals surface area contributed by atoms with Crippen molar-refractivity contribution in [2.75, 3.05) is 5.88 Å². The van der Waals surface area contributed by atoms with E-state index in [-0.39, 0.29) is 0 Å². The molecule has 0 bridgehead atoms. The van der Waals surface area contributed by atoms with Crippen molar-refractivity contribution in [3.8, 4) is 0 Å². The van der Waals surface area contributed by atoms with Gasteiger partial charge in [-0.25, -0.2) is 0 Å². The SMILES string of the molecule is OC1(CCCl)CCCCCCC1. The van der Waals surface area contributed by atoms with Gasteiger partial charge in [0.25, 0.3) is 0 Å². The standard InChI is InChI=1S/C10H19ClO/c11-9-8-10(12)6-4-2-1-3-5-7-10/h12H,1-9H2. The monoisotopic (exact) mass is 190 g/mol. The van der Waals surface area contributed by atoms with Crippen LogP contribution in [-0.4, -0.2) is 16.6 Å². The molecule has 0 atom stereocenters. The van der Waals surface area contributed by atoms with Crippen LogP contribution < -0.4 is 0 Å². The molecule has 1 fully saturated rings. The fourth-order valence-corrected chi connectivity index (χ4v) is 2.34. The molecule has 1 N–H and O–H groups in total. The summed E-state index contributed by atoms with van der Waals surface area (Å²) in [6.07, 6.45) is 8.95. The third kappa shape index (κ3) is 3.32. The van der Waals surface area contributed by atoms with E-state index >= 15 is 0 Å². The number of aliphatic hydroxyl groups is 1. The van der Waals surface area contributed by atoms with Crippen LogP contribution in [0.25, 0.3) is 0 Å². The molecule has 1 aliphatic carbocycles. The predicted molar refractivity (Wildman–Crippen MR) is 52.6 cm³/mol. The Hall–Kier alpha value is 0.250. The first-order valence-electron chi connectivity index (χ1n) is 5.05. The minimum Gasteiger partial charge on any atom is -0.390 e. The Labute approximate surface area is 80.1 Å². The zero-order chi connectivity index (χ0) is 8.86. The third-order valence-corrected chi connectivity index (χ3v) is 3.03. The van der Waals surface area contributed by atoms with Crippen molar-refractivity contribution in [1.82, 2.24) is 0 Å². The summed E-state index contributed by atoms with van der Waals surface area (Å²) in [6, 6.07) is 0. The summed E-state index contributed by atoms with van der Waals surface area (Å²) < 4.78 is 0.